The van der Waals surface area contributed by atoms with E-state index >= 15 is 0 Å². The van der Waals surface area contributed by atoms with Crippen molar-refractivity contribution in [2.24, 2.45) is 11.8 Å². The number of rotatable bonds is 4. The van der Waals surface area contributed by atoms with E-state index in [1.165, 1.54) is 0 Å². The summed E-state index contributed by atoms with van der Waals surface area (Å²) in [6.07, 6.45) is -2.24. The van der Waals surface area contributed by atoms with E-state index in [0.717, 1.165) is 11.8 Å². The number of amides is 1. The second kappa shape index (κ2) is 6.78. The molecule has 0 aromatic rings. The fourth-order valence-corrected chi connectivity index (χ4v) is 3.01. The molecule has 6 heteroatoms. The van der Waals surface area contributed by atoms with Gasteiger partial charge in [-0.15, -0.1) is 0 Å². The largest absolute Gasteiger partial charge is 0.391 e. The van der Waals surface area contributed by atoms with Crippen LogP contribution in [0.25, 0.3) is 0 Å². The van der Waals surface area contributed by atoms with Crippen LogP contribution in [-0.2, 0) is 4.79 Å². The summed E-state index contributed by atoms with van der Waals surface area (Å²) in [6, 6.07) is 0.00291. The second-order valence-electron chi connectivity index (χ2n) is 4.99. The quantitative estimate of drug-likeness (QED) is 0.784. The van der Waals surface area contributed by atoms with E-state index in [-0.39, 0.29) is 24.8 Å². The van der Waals surface area contributed by atoms with Gasteiger partial charge >= 0.3 is 6.18 Å². The van der Waals surface area contributed by atoms with Crippen molar-refractivity contribution in [1.82, 2.24) is 5.32 Å². The zero-order valence-corrected chi connectivity index (χ0v) is 12.0. The van der Waals surface area contributed by atoms with Gasteiger partial charge in [0.05, 0.1) is 5.92 Å². The third kappa shape index (κ3) is 4.78. The SMILES string of the molecule is CC(CCBr)NC(=O)C1CCCC(C(F)(F)F)C1. The maximum Gasteiger partial charge on any atom is 0.391 e. The fraction of sp³-hybridized carbons (Fsp3) is 0.917. The van der Waals surface area contributed by atoms with Gasteiger partial charge in [-0.3, -0.25) is 4.79 Å². The Hall–Kier alpha value is -0.260. The monoisotopic (exact) mass is 329 g/mol. The van der Waals surface area contributed by atoms with Crippen molar-refractivity contribution in [3.05, 3.63) is 0 Å². The van der Waals surface area contributed by atoms with Crippen molar-refractivity contribution in [2.45, 2.75) is 51.2 Å². The molecule has 1 aliphatic rings. The zero-order valence-electron chi connectivity index (χ0n) is 10.4. The highest BCUT2D eigenvalue weighted by atomic mass is 79.9. The first-order chi connectivity index (χ1) is 8.34. The Bertz CT molecular complexity index is 283. The molecule has 0 saturated heterocycles. The zero-order chi connectivity index (χ0) is 13.8. The molecule has 1 fully saturated rings. The lowest BCUT2D eigenvalue weighted by Gasteiger charge is -2.30. The summed E-state index contributed by atoms with van der Waals surface area (Å²) in [5.74, 6) is -2.02. The lowest BCUT2D eigenvalue weighted by Crippen LogP contribution is -2.41. The fourth-order valence-electron chi connectivity index (χ4n) is 2.32. The molecule has 18 heavy (non-hydrogen) atoms. The molecule has 0 radical (unpaired) electrons. The van der Waals surface area contributed by atoms with Crippen LogP contribution in [-0.4, -0.2) is 23.5 Å². The van der Waals surface area contributed by atoms with Crippen LogP contribution in [0.1, 0.15) is 39.0 Å². The van der Waals surface area contributed by atoms with E-state index in [9.17, 15) is 18.0 Å². The number of hydrogen-bond donors (Lipinski definition) is 1. The van der Waals surface area contributed by atoms with Crippen LogP contribution < -0.4 is 5.32 Å². The van der Waals surface area contributed by atoms with Crippen LogP contribution in [0.5, 0.6) is 0 Å². The molecule has 3 unspecified atom stereocenters. The molecule has 0 aromatic carbocycles. The highest BCUT2D eigenvalue weighted by molar-refractivity contribution is 9.09. The predicted octanol–water partition coefficient (Wildman–Crippen LogP) is 3.64. The van der Waals surface area contributed by atoms with Gasteiger partial charge in [0.25, 0.3) is 0 Å². The van der Waals surface area contributed by atoms with E-state index in [1.807, 2.05) is 6.92 Å². The topological polar surface area (TPSA) is 29.1 Å². The minimum Gasteiger partial charge on any atom is -0.353 e. The van der Waals surface area contributed by atoms with E-state index < -0.39 is 18.0 Å². The van der Waals surface area contributed by atoms with Crippen molar-refractivity contribution < 1.29 is 18.0 Å². The number of nitrogens with one attached hydrogen (secondary N) is 1. The van der Waals surface area contributed by atoms with Gasteiger partial charge in [-0.25, -0.2) is 0 Å². The molecule has 1 saturated carbocycles. The van der Waals surface area contributed by atoms with Gasteiger partial charge in [0.15, 0.2) is 0 Å². The normalized spacial score (nSPS) is 26.7. The third-order valence-electron chi connectivity index (χ3n) is 3.44. The van der Waals surface area contributed by atoms with Gasteiger partial charge in [-0.2, -0.15) is 13.2 Å². The molecular weight excluding hydrogens is 311 g/mol. The van der Waals surface area contributed by atoms with Crippen LogP contribution >= 0.6 is 15.9 Å². The lowest BCUT2D eigenvalue weighted by atomic mass is 9.80. The molecule has 1 rings (SSSR count). The van der Waals surface area contributed by atoms with Crippen molar-refractivity contribution in [3.8, 4) is 0 Å². The lowest BCUT2D eigenvalue weighted by molar-refractivity contribution is -0.186. The molecule has 1 aliphatic carbocycles. The molecule has 0 bridgehead atoms. The third-order valence-corrected chi connectivity index (χ3v) is 3.90. The van der Waals surface area contributed by atoms with Gasteiger partial charge in [0.2, 0.25) is 5.91 Å². The van der Waals surface area contributed by atoms with Crippen molar-refractivity contribution >= 4 is 21.8 Å². The maximum absolute atomic E-state index is 12.6. The van der Waals surface area contributed by atoms with E-state index in [4.69, 9.17) is 0 Å². The maximum atomic E-state index is 12.6. The van der Waals surface area contributed by atoms with Gasteiger partial charge in [-0.1, -0.05) is 22.4 Å². The molecule has 0 aromatic heterocycles. The molecule has 1 N–H and O–H groups in total. The number of carbonyl (C=O) groups is 1. The summed E-state index contributed by atoms with van der Waals surface area (Å²) in [6.45, 7) is 1.86. The minimum atomic E-state index is -4.17. The van der Waals surface area contributed by atoms with E-state index in [2.05, 4.69) is 21.2 Å². The van der Waals surface area contributed by atoms with Gasteiger partial charge in [0, 0.05) is 17.3 Å². The number of carbonyl (C=O) groups excluding carboxylic acids is 1. The average molecular weight is 330 g/mol. The molecule has 0 heterocycles. The van der Waals surface area contributed by atoms with Gasteiger partial charge in [-0.05, 0) is 32.6 Å². The molecule has 3 atom stereocenters. The van der Waals surface area contributed by atoms with Crippen molar-refractivity contribution in [3.63, 3.8) is 0 Å². The van der Waals surface area contributed by atoms with Crippen molar-refractivity contribution in [1.29, 1.82) is 0 Å². The molecule has 2 nitrogen and oxygen atoms in total. The average Bonchev–Trinajstić information content (AvgIpc) is 2.28. The van der Waals surface area contributed by atoms with Crippen LogP contribution in [0.3, 0.4) is 0 Å². The Morgan fingerprint density at radius 3 is 2.67 bits per heavy atom. The van der Waals surface area contributed by atoms with Crippen LogP contribution in [0, 0.1) is 11.8 Å². The summed E-state index contributed by atoms with van der Waals surface area (Å²) in [5, 5.41) is 3.55. The summed E-state index contributed by atoms with van der Waals surface area (Å²) in [4.78, 5) is 11.9. The molecule has 1 amide bonds. The number of alkyl halides is 4. The van der Waals surface area contributed by atoms with Crippen molar-refractivity contribution in [2.75, 3.05) is 5.33 Å². The standard InChI is InChI=1S/C12H19BrF3NO/c1-8(5-6-13)17-11(18)9-3-2-4-10(7-9)12(14,15)16/h8-10H,2-7H2,1H3,(H,17,18). The highest BCUT2D eigenvalue weighted by Gasteiger charge is 2.43. The van der Waals surface area contributed by atoms with Crippen LogP contribution in [0.2, 0.25) is 0 Å². The summed E-state index contributed by atoms with van der Waals surface area (Å²) < 4.78 is 37.9. The molecule has 0 aliphatic heterocycles. The molecule has 106 valence electrons. The van der Waals surface area contributed by atoms with Gasteiger partial charge in [0.1, 0.15) is 0 Å². The Morgan fingerprint density at radius 2 is 2.11 bits per heavy atom. The number of halogens is 4. The first-order valence-corrected chi connectivity index (χ1v) is 7.39. The van der Waals surface area contributed by atoms with Crippen LogP contribution in [0.4, 0.5) is 13.2 Å². The molecule has 0 spiro atoms. The second-order valence-corrected chi connectivity index (χ2v) is 5.78. The van der Waals surface area contributed by atoms with E-state index in [0.29, 0.717) is 12.8 Å². The minimum absolute atomic E-state index is 0.00291. The Morgan fingerprint density at radius 1 is 1.44 bits per heavy atom. The Labute approximate surface area is 114 Å². The first kappa shape index (κ1) is 15.8. The summed E-state index contributed by atoms with van der Waals surface area (Å²) in [7, 11) is 0. The van der Waals surface area contributed by atoms with E-state index in [1.54, 1.807) is 0 Å². The predicted molar refractivity (Wildman–Crippen MR) is 67.5 cm³/mol. The Balaban J connectivity index is 2.48. The Kier molecular flexibility index (Phi) is 5.95. The van der Waals surface area contributed by atoms with Crippen LogP contribution in [0.15, 0.2) is 0 Å². The summed E-state index contributed by atoms with van der Waals surface area (Å²) >= 11 is 3.27. The first-order valence-electron chi connectivity index (χ1n) is 6.27. The number of hydrogen-bond acceptors (Lipinski definition) is 1. The summed E-state index contributed by atoms with van der Waals surface area (Å²) in [5.41, 5.74) is 0. The van der Waals surface area contributed by atoms with Gasteiger partial charge < -0.3 is 5.32 Å². The molecular formula is C12H19BrF3NO. The smallest absolute Gasteiger partial charge is 0.353 e. The highest BCUT2D eigenvalue weighted by Crippen LogP contribution is 2.39.